The Morgan fingerprint density at radius 2 is 1.85 bits per heavy atom. The summed E-state index contributed by atoms with van der Waals surface area (Å²) < 4.78 is 1.57. The van der Waals surface area contributed by atoms with Gasteiger partial charge in [-0.2, -0.15) is 0 Å². The number of benzene rings is 3. The van der Waals surface area contributed by atoms with Gasteiger partial charge < -0.3 is 5.32 Å². The normalized spacial score (nSPS) is 11.8. The summed E-state index contributed by atoms with van der Waals surface area (Å²) in [6.07, 6.45) is 2.74. The highest BCUT2D eigenvalue weighted by molar-refractivity contribution is 7.14. The number of carbonyl (C=O) groups excluding carboxylic acids is 1. The molecule has 0 saturated heterocycles. The predicted molar refractivity (Wildman–Crippen MR) is 127 cm³/mol. The SMILES string of the molecule is O=C(Cc1ccc(-n2cnnn2)cc1)Nc1nc(-c2ccc3c(c2)Cc2ccccc2-3)cs1. The van der Waals surface area contributed by atoms with Crippen molar-refractivity contribution in [2.45, 2.75) is 12.8 Å². The highest BCUT2D eigenvalue weighted by Gasteiger charge is 2.19. The lowest BCUT2D eigenvalue weighted by atomic mass is 10.0. The first-order valence-electron chi connectivity index (χ1n) is 10.5. The molecule has 1 aliphatic carbocycles. The Labute approximate surface area is 193 Å². The van der Waals surface area contributed by atoms with E-state index in [4.69, 9.17) is 0 Å². The van der Waals surface area contributed by atoms with E-state index in [1.54, 1.807) is 4.68 Å². The lowest BCUT2D eigenvalue weighted by molar-refractivity contribution is -0.115. The summed E-state index contributed by atoms with van der Waals surface area (Å²) in [6, 6.07) is 22.6. The molecule has 1 aliphatic rings. The molecule has 0 atom stereocenters. The molecule has 8 heteroatoms. The fourth-order valence-corrected chi connectivity index (χ4v) is 4.90. The van der Waals surface area contributed by atoms with Crippen LogP contribution in [-0.2, 0) is 17.6 Å². The Bertz CT molecular complexity index is 1460. The molecular formula is C25H18N6OS. The lowest BCUT2D eigenvalue weighted by Gasteiger charge is -2.04. The van der Waals surface area contributed by atoms with Crippen LogP contribution in [0.5, 0.6) is 0 Å². The van der Waals surface area contributed by atoms with Crippen LogP contribution in [0, 0.1) is 0 Å². The van der Waals surface area contributed by atoms with Crippen LogP contribution in [0.1, 0.15) is 16.7 Å². The summed E-state index contributed by atoms with van der Waals surface area (Å²) in [5.74, 6) is -0.101. The number of thiazole rings is 1. The molecule has 0 bridgehead atoms. The molecule has 1 amide bonds. The summed E-state index contributed by atoms with van der Waals surface area (Å²) in [7, 11) is 0. The maximum Gasteiger partial charge on any atom is 0.230 e. The van der Waals surface area contributed by atoms with Gasteiger partial charge in [-0.1, -0.05) is 48.5 Å². The fourth-order valence-electron chi connectivity index (χ4n) is 4.16. The van der Waals surface area contributed by atoms with Crippen LogP contribution in [0.25, 0.3) is 28.1 Å². The van der Waals surface area contributed by atoms with E-state index >= 15 is 0 Å². The standard InChI is InChI=1S/C25H18N6OS/c32-24(11-16-5-8-20(9-6-16)31-15-26-29-30-31)28-25-27-23(14-33-25)18-7-10-22-19(13-18)12-17-3-1-2-4-21(17)22/h1-10,13-15H,11-12H2,(H,27,28,32). The largest absolute Gasteiger partial charge is 0.302 e. The lowest BCUT2D eigenvalue weighted by Crippen LogP contribution is -2.14. The number of nitrogens with one attached hydrogen (secondary N) is 1. The minimum atomic E-state index is -0.101. The minimum absolute atomic E-state index is 0.101. The van der Waals surface area contributed by atoms with Crippen LogP contribution >= 0.6 is 11.3 Å². The smallest absolute Gasteiger partial charge is 0.230 e. The molecule has 7 nitrogen and oxygen atoms in total. The third-order valence-corrected chi connectivity index (χ3v) is 6.51. The molecule has 2 aromatic heterocycles. The highest BCUT2D eigenvalue weighted by atomic mass is 32.1. The van der Waals surface area contributed by atoms with Crippen LogP contribution < -0.4 is 5.32 Å². The number of tetrazole rings is 1. The molecule has 33 heavy (non-hydrogen) atoms. The second-order valence-electron chi connectivity index (χ2n) is 7.89. The molecule has 0 fully saturated rings. The van der Waals surface area contributed by atoms with Crippen molar-refractivity contribution in [3.63, 3.8) is 0 Å². The van der Waals surface area contributed by atoms with E-state index in [-0.39, 0.29) is 12.3 Å². The van der Waals surface area contributed by atoms with Crippen LogP contribution in [-0.4, -0.2) is 31.1 Å². The van der Waals surface area contributed by atoms with Crippen molar-refractivity contribution in [2.75, 3.05) is 5.32 Å². The van der Waals surface area contributed by atoms with E-state index in [0.29, 0.717) is 5.13 Å². The summed E-state index contributed by atoms with van der Waals surface area (Å²) >= 11 is 1.44. The molecule has 5 aromatic rings. The molecule has 2 heterocycles. The number of hydrogen-bond acceptors (Lipinski definition) is 6. The predicted octanol–water partition coefficient (Wildman–Crippen LogP) is 4.54. The average Bonchev–Trinajstić information content (AvgIpc) is 3.59. The number of rotatable bonds is 5. The monoisotopic (exact) mass is 450 g/mol. The maximum absolute atomic E-state index is 12.5. The van der Waals surface area contributed by atoms with Crippen molar-refractivity contribution in [3.05, 3.63) is 95.1 Å². The van der Waals surface area contributed by atoms with Crippen LogP contribution in [0.15, 0.2) is 78.4 Å². The molecule has 0 radical (unpaired) electrons. The summed E-state index contributed by atoms with van der Waals surface area (Å²) in [6.45, 7) is 0. The summed E-state index contributed by atoms with van der Waals surface area (Å²) in [5.41, 5.74) is 8.97. The molecule has 0 spiro atoms. The molecule has 3 aromatic carbocycles. The average molecular weight is 451 g/mol. The molecule has 1 N–H and O–H groups in total. The van der Waals surface area contributed by atoms with Gasteiger partial charge >= 0.3 is 0 Å². The summed E-state index contributed by atoms with van der Waals surface area (Å²) in [5, 5.41) is 16.6. The Morgan fingerprint density at radius 1 is 1.00 bits per heavy atom. The van der Waals surface area contributed by atoms with Crippen molar-refractivity contribution in [2.24, 2.45) is 0 Å². The maximum atomic E-state index is 12.5. The van der Waals surface area contributed by atoms with Gasteiger partial charge in [0.15, 0.2) is 5.13 Å². The van der Waals surface area contributed by atoms with Gasteiger partial charge in [-0.15, -0.1) is 16.4 Å². The number of hydrogen-bond donors (Lipinski definition) is 1. The molecule has 6 rings (SSSR count). The molecular weight excluding hydrogens is 432 g/mol. The zero-order chi connectivity index (χ0) is 22.2. The summed E-state index contributed by atoms with van der Waals surface area (Å²) in [4.78, 5) is 17.2. The minimum Gasteiger partial charge on any atom is -0.302 e. The number of nitrogens with zero attached hydrogens (tertiary/aromatic N) is 5. The van der Waals surface area contributed by atoms with Crippen LogP contribution in [0.3, 0.4) is 0 Å². The first kappa shape index (κ1) is 19.5. The number of aromatic nitrogens is 5. The van der Waals surface area contributed by atoms with Gasteiger partial charge in [0, 0.05) is 10.9 Å². The second kappa shape index (κ2) is 8.07. The van der Waals surface area contributed by atoms with Crippen molar-refractivity contribution < 1.29 is 4.79 Å². The van der Waals surface area contributed by atoms with Crippen molar-refractivity contribution >= 4 is 22.4 Å². The van der Waals surface area contributed by atoms with Crippen LogP contribution in [0.4, 0.5) is 5.13 Å². The van der Waals surface area contributed by atoms with Gasteiger partial charge in [0.25, 0.3) is 0 Å². The van der Waals surface area contributed by atoms with Crippen molar-refractivity contribution in [3.8, 4) is 28.1 Å². The number of amides is 1. The molecule has 0 aliphatic heterocycles. The third kappa shape index (κ3) is 3.81. The van der Waals surface area contributed by atoms with E-state index in [1.807, 2.05) is 29.6 Å². The second-order valence-corrected chi connectivity index (χ2v) is 8.75. The molecule has 0 unspecified atom stereocenters. The van der Waals surface area contributed by atoms with Crippen molar-refractivity contribution in [1.29, 1.82) is 0 Å². The number of carbonyl (C=O) groups is 1. The first-order valence-corrected chi connectivity index (χ1v) is 11.4. The highest BCUT2D eigenvalue weighted by Crippen LogP contribution is 2.38. The third-order valence-electron chi connectivity index (χ3n) is 5.75. The zero-order valence-electron chi connectivity index (χ0n) is 17.5. The van der Waals surface area contributed by atoms with E-state index in [0.717, 1.165) is 28.9 Å². The Hall–Kier alpha value is -4.17. The van der Waals surface area contributed by atoms with Gasteiger partial charge in [-0.05, 0) is 62.9 Å². The first-order chi connectivity index (χ1) is 16.2. The van der Waals surface area contributed by atoms with E-state index in [9.17, 15) is 4.79 Å². The zero-order valence-corrected chi connectivity index (χ0v) is 18.3. The van der Waals surface area contributed by atoms with E-state index < -0.39 is 0 Å². The Morgan fingerprint density at radius 3 is 2.70 bits per heavy atom. The van der Waals surface area contributed by atoms with Gasteiger partial charge in [0.05, 0.1) is 17.8 Å². The molecule has 0 saturated carbocycles. The van der Waals surface area contributed by atoms with E-state index in [2.05, 4.69) is 68.3 Å². The van der Waals surface area contributed by atoms with Gasteiger partial charge in [0.1, 0.15) is 6.33 Å². The van der Waals surface area contributed by atoms with Gasteiger partial charge in [-0.25, -0.2) is 9.67 Å². The van der Waals surface area contributed by atoms with Gasteiger partial charge in [0.2, 0.25) is 5.91 Å². The number of fused-ring (bicyclic) bond motifs is 3. The van der Waals surface area contributed by atoms with Crippen LogP contribution in [0.2, 0.25) is 0 Å². The fraction of sp³-hybridized carbons (Fsp3) is 0.0800. The van der Waals surface area contributed by atoms with Gasteiger partial charge in [-0.3, -0.25) is 4.79 Å². The van der Waals surface area contributed by atoms with Crippen molar-refractivity contribution in [1.82, 2.24) is 25.2 Å². The topological polar surface area (TPSA) is 85.6 Å². The molecule has 160 valence electrons. The Balaban J connectivity index is 1.13. The quantitative estimate of drug-likeness (QED) is 0.417. The number of anilines is 1. The Kier molecular flexibility index (Phi) is 4.77. The van der Waals surface area contributed by atoms with E-state index in [1.165, 1.54) is 39.9 Å².